The summed E-state index contributed by atoms with van der Waals surface area (Å²) in [6, 6.07) is 9.15. The molecule has 132 valence electrons. The van der Waals surface area contributed by atoms with Gasteiger partial charge in [-0.1, -0.05) is 30.3 Å². The van der Waals surface area contributed by atoms with E-state index in [2.05, 4.69) is 10.3 Å². The highest BCUT2D eigenvalue weighted by Crippen LogP contribution is 2.06. The second-order valence-electron chi connectivity index (χ2n) is 5.84. The summed E-state index contributed by atoms with van der Waals surface area (Å²) in [7, 11) is -0.215. The van der Waals surface area contributed by atoms with Crippen LogP contribution in [-0.2, 0) is 14.8 Å². The van der Waals surface area contributed by atoms with E-state index >= 15 is 0 Å². The van der Waals surface area contributed by atoms with Gasteiger partial charge in [0.25, 0.3) is 0 Å². The van der Waals surface area contributed by atoms with Gasteiger partial charge < -0.3 is 4.90 Å². The summed E-state index contributed by atoms with van der Waals surface area (Å²) in [6.07, 6.45) is 1.52. The van der Waals surface area contributed by atoms with Crippen molar-refractivity contribution in [3.8, 4) is 0 Å². The van der Waals surface area contributed by atoms with Crippen molar-refractivity contribution < 1.29 is 13.2 Å². The number of nitrogens with one attached hydrogen (secondary N) is 1. The molecule has 1 saturated heterocycles. The normalized spacial score (nSPS) is 17.5. The van der Waals surface area contributed by atoms with Crippen molar-refractivity contribution >= 4 is 22.0 Å². The fraction of sp³-hybridized carbons (Fsp3) is 0.438. The van der Waals surface area contributed by atoms with Crippen LogP contribution in [0.25, 0.3) is 6.08 Å². The third-order valence-electron chi connectivity index (χ3n) is 3.82. The van der Waals surface area contributed by atoms with E-state index in [0.717, 1.165) is 41.5 Å². The number of hydrogen-bond acceptors (Lipinski definition) is 5. The quantitative estimate of drug-likeness (QED) is 0.792. The average molecular weight is 352 g/mol. The Morgan fingerprint density at radius 2 is 1.83 bits per heavy atom. The first-order valence-corrected chi connectivity index (χ1v) is 9.29. The molecular weight excluding hydrogens is 328 g/mol. The molecule has 1 amide bonds. The van der Waals surface area contributed by atoms with E-state index in [-0.39, 0.29) is 12.5 Å². The van der Waals surface area contributed by atoms with Crippen molar-refractivity contribution in [2.24, 2.45) is 0 Å². The van der Waals surface area contributed by atoms with Gasteiger partial charge >= 0.3 is 0 Å². The zero-order valence-electron chi connectivity index (χ0n) is 14.1. The molecule has 0 radical (unpaired) electrons. The molecule has 1 N–H and O–H groups in total. The van der Waals surface area contributed by atoms with E-state index in [4.69, 9.17) is 0 Å². The average Bonchev–Trinajstić information content (AvgIpc) is 2.56. The van der Waals surface area contributed by atoms with Crippen LogP contribution < -0.4 is 5.43 Å². The van der Waals surface area contributed by atoms with Crippen LogP contribution in [0.1, 0.15) is 5.56 Å². The molecule has 0 aromatic heterocycles. The highest BCUT2D eigenvalue weighted by Gasteiger charge is 2.20. The summed E-state index contributed by atoms with van der Waals surface area (Å²) >= 11 is 0. The number of sulfonamides is 1. The van der Waals surface area contributed by atoms with Gasteiger partial charge in [-0.15, -0.1) is 0 Å². The van der Waals surface area contributed by atoms with Gasteiger partial charge in [-0.2, -0.15) is 4.31 Å². The van der Waals surface area contributed by atoms with E-state index in [0.29, 0.717) is 0 Å². The highest BCUT2D eigenvalue weighted by molar-refractivity contribution is 7.92. The van der Waals surface area contributed by atoms with Gasteiger partial charge in [0.1, 0.15) is 0 Å². The molecule has 1 heterocycles. The van der Waals surface area contributed by atoms with Crippen molar-refractivity contribution in [1.82, 2.24) is 19.6 Å². The molecule has 2 rings (SSSR count). The van der Waals surface area contributed by atoms with Crippen molar-refractivity contribution in [2.45, 2.75) is 0 Å². The Balaban J connectivity index is 1.87. The Hall–Kier alpha value is -1.74. The minimum absolute atomic E-state index is 0.214. The zero-order valence-corrected chi connectivity index (χ0v) is 14.9. The van der Waals surface area contributed by atoms with Gasteiger partial charge in [0.05, 0.1) is 6.54 Å². The lowest BCUT2D eigenvalue weighted by molar-refractivity contribution is -0.126. The lowest BCUT2D eigenvalue weighted by atomic mass is 10.2. The van der Waals surface area contributed by atoms with E-state index in [1.54, 1.807) is 0 Å². The van der Waals surface area contributed by atoms with Gasteiger partial charge in [0.2, 0.25) is 15.9 Å². The lowest BCUT2D eigenvalue weighted by Gasteiger charge is -2.32. The minimum Gasteiger partial charge on any atom is -0.304 e. The van der Waals surface area contributed by atoms with Gasteiger partial charge in [0.15, 0.2) is 0 Å². The van der Waals surface area contributed by atoms with E-state index in [1.807, 2.05) is 42.4 Å². The Bertz CT molecular complexity index is 668. The van der Waals surface area contributed by atoms with E-state index < -0.39 is 10.0 Å². The van der Waals surface area contributed by atoms with Crippen LogP contribution in [0.3, 0.4) is 0 Å². The van der Waals surface area contributed by atoms with Crippen molar-refractivity contribution in [3.63, 3.8) is 0 Å². The molecule has 1 fully saturated rings. The van der Waals surface area contributed by atoms with Crippen molar-refractivity contribution in [1.29, 1.82) is 0 Å². The monoisotopic (exact) mass is 352 g/mol. The van der Waals surface area contributed by atoms with Crippen LogP contribution in [0.4, 0.5) is 0 Å². The van der Waals surface area contributed by atoms with Crippen LogP contribution in [0.15, 0.2) is 35.7 Å². The number of hydrazine groups is 1. The molecule has 1 aliphatic rings. The number of hydrogen-bond donors (Lipinski definition) is 1. The molecule has 24 heavy (non-hydrogen) atoms. The Kier molecular flexibility index (Phi) is 6.50. The molecule has 7 nitrogen and oxygen atoms in total. The number of piperazine rings is 1. The molecule has 0 spiro atoms. The number of rotatable bonds is 6. The third kappa shape index (κ3) is 5.72. The van der Waals surface area contributed by atoms with Crippen LogP contribution in [0, 0.1) is 0 Å². The number of benzene rings is 1. The SMILES string of the molecule is CN1CCN(NC(=O)CN(C)S(=O)(=O)/C=C/c2ccccc2)CC1. The molecule has 1 aliphatic heterocycles. The first kappa shape index (κ1) is 18.6. The molecule has 0 aliphatic carbocycles. The van der Waals surface area contributed by atoms with Crippen LogP contribution >= 0.6 is 0 Å². The lowest BCUT2D eigenvalue weighted by Crippen LogP contribution is -2.54. The largest absolute Gasteiger partial charge is 0.304 e. The molecule has 0 saturated carbocycles. The van der Waals surface area contributed by atoms with Crippen molar-refractivity contribution in [3.05, 3.63) is 41.3 Å². The first-order valence-electron chi connectivity index (χ1n) is 7.79. The summed E-state index contributed by atoms with van der Waals surface area (Å²) in [6.45, 7) is 2.98. The number of likely N-dealkylation sites (N-methyl/N-ethyl adjacent to an activating group) is 2. The van der Waals surface area contributed by atoms with E-state index in [9.17, 15) is 13.2 Å². The predicted octanol–water partition coefficient (Wildman–Crippen LogP) is 0.198. The fourth-order valence-corrected chi connectivity index (χ4v) is 3.09. The van der Waals surface area contributed by atoms with Gasteiger partial charge in [-0.3, -0.25) is 10.2 Å². The van der Waals surface area contributed by atoms with E-state index in [1.165, 1.54) is 13.1 Å². The summed E-state index contributed by atoms with van der Waals surface area (Å²) in [5, 5.41) is 2.94. The maximum Gasteiger partial charge on any atom is 0.249 e. The second kappa shape index (κ2) is 8.39. The second-order valence-corrected chi connectivity index (χ2v) is 7.77. The Morgan fingerprint density at radius 1 is 1.21 bits per heavy atom. The van der Waals surface area contributed by atoms with Gasteiger partial charge in [0, 0.05) is 38.6 Å². The smallest absolute Gasteiger partial charge is 0.249 e. The molecular formula is C16H24N4O3S. The standard InChI is InChI=1S/C16H24N4O3S/c1-18-9-11-20(12-10-18)17-16(21)14-19(2)24(22,23)13-8-15-6-4-3-5-7-15/h3-8,13H,9-12,14H2,1-2H3,(H,17,21)/b13-8+. The summed E-state index contributed by atoms with van der Waals surface area (Å²) in [4.78, 5) is 14.2. The maximum absolute atomic E-state index is 12.2. The summed E-state index contributed by atoms with van der Waals surface area (Å²) < 4.78 is 25.5. The predicted molar refractivity (Wildman–Crippen MR) is 94.2 cm³/mol. The summed E-state index contributed by atoms with van der Waals surface area (Å²) in [5.41, 5.74) is 3.54. The first-order chi connectivity index (χ1) is 11.4. The molecule has 1 aromatic rings. The molecule has 8 heteroatoms. The molecule has 1 aromatic carbocycles. The Labute approximate surface area is 143 Å². The van der Waals surface area contributed by atoms with Gasteiger partial charge in [-0.25, -0.2) is 13.4 Å². The molecule has 0 bridgehead atoms. The van der Waals surface area contributed by atoms with Gasteiger partial charge in [-0.05, 0) is 18.7 Å². The van der Waals surface area contributed by atoms with Crippen LogP contribution in [-0.4, -0.2) is 75.4 Å². The number of carbonyl (C=O) groups excluding carboxylic acids is 1. The Morgan fingerprint density at radius 3 is 2.46 bits per heavy atom. The molecule has 0 unspecified atom stereocenters. The van der Waals surface area contributed by atoms with Crippen molar-refractivity contribution in [2.75, 3.05) is 46.8 Å². The number of nitrogens with zero attached hydrogens (tertiary/aromatic N) is 3. The minimum atomic E-state index is -3.64. The molecule has 0 atom stereocenters. The zero-order chi connectivity index (χ0) is 17.6. The fourth-order valence-electron chi connectivity index (χ4n) is 2.25. The van der Waals surface area contributed by atoms with Crippen LogP contribution in [0.2, 0.25) is 0 Å². The maximum atomic E-state index is 12.2. The number of carbonyl (C=O) groups is 1. The number of amides is 1. The third-order valence-corrected chi connectivity index (χ3v) is 5.30. The summed E-state index contributed by atoms with van der Waals surface area (Å²) in [5.74, 6) is -0.335. The topological polar surface area (TPSA) is 73.0 Å². The highest BCUT2D eigenvalue weighted by atomic mass is 32.2. The van der Waals surface area contributed by atoms with Crippen LogP contribution in [0.5, 0.6) is 0 Å².